The zero-order valence-electron chi connectivity index (χ0n) is 7.30. The summed E-state index contributed by atoms with van der Waals surface area (Å²) < 4.78 is 36.4. The molecule has 0 unspecified atom stereocenters. The van der Waals surface area contributed by atoms with Gasteiger partial charge < -0.3 is 5.11 Å². The smallest absolute Gasteiger partial charge is 0.418 e. The molecule has 78 valence electrons. The number of nitrogens with zero attached hydrogens (tertiary/aromatic N) is 1. The predicted octanol–water partition coefficient (Wildman–Crippen LogP) is 2.92. The maximum absolute atomic E-state index is 12.1. The number of aromatic hydroxyl groups is 1. The number of aromatic nitrogens is 1. The molecular formula is C8H8F3NOS. The van der Waals surface area contributed by atoms with E-state index < -0.39 is 17.5 Å². The van der Waals surface area contributed by atoms with Crippen LogP contribution in [0.15, 0.2) is 17.3 Å². The Morgan fingerprint density at radius 2 is 2.14 bits per heavy atom. The standard InChI is InChI=1S/C8H8F3NOS/c1-2-14-7-6(13)3-5(4-12-7)8(9,10)11/h3-4,13H,2H2,1H3. The van der Waals surface area contributed by atoms with E-state index >= 15 is 0 Å². The van der Waals surface area contributed by atoms with Crippen molar-refractivity contribution in [3.05, 3.63) is 17.8 Å². The molecule has 0 aliphatic rings. The molecule has 1 heterocycles. The molecule has 0 spiro atoms. The third-order valence-corrected chi connectivity index (χ3v) is 2.32. The Morgan fingerprint density at radius 1 is 1.50 bits per heavy atom. The molecule has 0 bridgehead atoms. The van der Waals surface area contributed by atoms with Crippen molar-refractivity contribution in [1.82, 2.24) is 4.98 Å². The summed E-state index contributed by atoms with van der Waals surface area (Å²) >= 11 is 1.19. The first-order valence-corrected chi connectivity index (χ1v) is 4.82. The lowest BCUT2D eigenvalue weighted by Crippen LogP contribution is -2.05. The Labute approximate surface area is 83.2 Å². The fraction of sp³-hybridized carbons (Fsp3) is 0.375. The van der Waals surface area contributed by atoms with E-state index in [1.54, 1.807) is 0 Å². The van der Waals surface area contributed by atoms with Crippen LogP contribution in [0.1, 0.15) is 12.5 Å². The van der Waals surface area contributed by atoms with E-state index in [4.69, 9.17) is 0 Å². The highest BCUT2D eigenvalue weighted by Gasteiger charge is 2.31. The lowest BCUT2D eigenvalue weighted by atomic mass is 10.3. The molecule has 0 atom stereocenters. The van der Waals surface area contributed by atoms with Gasteiger partial charge in [0.1, 0.15) is 10.8 Å². The van der Waals surface area contributed by atoms with Crippen LogP contribution >= 0.6 is 11.8 Å². The number of thioether (sulfide) groups is 1. The first-order valence-electron chi connectivity index (χ1n) is 3.84. The van der Waals surface area contributed by atoms with E-state index in [1.807, 2.05) is 6.92 Å². The summed E-state index contributed by atoms with van der Waals surface area (Å²) in [5.74, 6) is 0.220. The Balaban J connectivity index is 3.01. The van der Waals surface area contributed by atoms with Gasteiger partial charge in [0.05, 0.1) is 5.56 Å². The molecule has 0 saturated carbocycles. The molecule has 1 N–H and O–H groups in total. The second-order valence-corrected chi connectivity index (χ2v) is 3.73. The topological polar surface area (TPSA) is 33.1 Å². The van der Waals surface area contributed by atoms with Gasteiger partial charge in [-0.05, 0) is 11.8 Å². The summed E-state index contributed by atoms with van der Waals surface area (Å²) in [7, 11) is 0. The Bertz CT molecular complexity index is 327. The van der Waals surface area contributed by atoms with E-state index in [0.717, 1.165) is 6.20 Å². The van der Waals surface area contributed by atoms with Crippen molar-refractivity contribution in [2.75, 3.05) is 5.75 Å². The van der Waals surface area contributed by atoms with Gasteiger partial charge in [-0.1, -0.05) is 6.92 Å². The van der Waals surface area contributed by atoms with Crippen LogP contribution in [-0.4, -0.2) is 15.8 Å². The molecule has 1 rings (SSSR count). The summed E-state index contributed by atoms with van der Waals surface area (Å²) in [6, 6.07) is 0.686. The third kappa shape index (κ3) is 2.54. The fourth-order valence-corrected chi connectivity index (χ4v) is 1.45. The summed E-state index contributed by atoms with van der Waals surface area (Å²) in [4.78, 5) is 3.53. The molecule has 0 aromatic carbocycles. The third-order valence-electron chi connectivity index (χ3n) is 1.44. The highest BCUT2D eigenvalue weighted by atomic mass is 32.2. The average Bonchev–Trinajstić information content (AvgIpc) is 2.07. The van der Waals surface area contributed by atoms with Crippen LogP contribution in [0, 0.1) is 0 Å². The number of hydrogen-bond acceptors (Lipinski definition) is 3. The maximum atomic E-state index is 12.1. The zero-order chi connectivity index (χ0) is 10.8. The maximum Gasteiger partial charge on any atom is 0.418 e. The van der Waals surface area contributed by atoms with Gasteiger partial charge in [-0.15, -0.1) is 11.8 Å². The highest BCUT2D eigenvalue weighted by molar-refractivity contribution is 7.99. The van der Waals surface area contributed by atoms with Gasteiger partial charge in [0.25, 0.3) is 0 Å². The number of pyridine rings is 1. The van der Waals surface area contributed by atoms with Crippen LogP contribution in [0.25, 0.3) is 0 Å². The van der Waals surface area contributed by atoms with Gasteiger partial charge in [-0.25, -0.2) is 4.98 Å². The minimum absolute atomic E-state index is 0.223. The molecule has 1 aromatic rings. The van der Waals surface area contributed by atoms with Crippen LogP contribution in [0.2, 0.25) is 0 Å². The summed E-state index contributed by atoms with van der Waals surface area (Å²) in [5.41, 5.74) is -0.935. The lowest BCUT2D eigenvalue weighted by Gasteiger charge is -2.07. The number of rotatable bonds is 2. The molecule has 2 nitrogen and oxygen atoms in total. The van der Waals surface area contributed by atoms with Crippen LogP contribution < -0.4 is 0 Å². The predicted molar refractivity (Wildman–Crippen MR) is 47.3 cm³/mol. The van der Waals surface area contributed by atoms with Crippen LogP contribution in [0.4, 0.5) is 13.2 Å². The molecule has 6 heteroatoms. The van der Waals surface area contributed by atoms with Gasteiger partial charge in [-0.2, -0.15) is 13.2 Å². The molecule has 0 radical (unpaired) electrons. The summed E-state index contributed by atoms with van der Waals surface area (Å²) in [6.45, 7) is 1.82. The molecule has 0 saturated heterocycles. The van der Waals surface area contributed by atoms with Gasteiger partial charge in [-0.3, -0.25) is 0 Å². The van der Waals surface area contributed by atoms with Crippen molar-refractivity contribution in [3.63, 3.8) is 0 Å². The minimum Gasteiger partial charge on any atom is -0.505 e. The highest BCUT2D eigenvalue weighted by Crippen LogP contribution is 2.34. The lowest BCUT2D eigenvalue weighted by molar-refractivity contribution is -0.138. The molecule has 0 fully saturated rings. The van der Waals surface area contributed by atoms with E-state index in [9.17, 15) is 18.3 Å². The van der Waals surface area contributed by atoms with Crippen molar-refractivity contribution in [2.24, 2.45) is 0 Å². The molecule has 0 aliphatic carbocycles. The Kier molecular flexibility index (Phi) is 3.25. The monoisotopic (exact) mass is 223 g/mol. The molecule has 0 aliphatic heterocycles. The molecule has 0 amide bonds. The van der Waals surface area contributed by atoms with Crippen molar-refractivity contribution < 1.29 is 18.3 Å². The van der Waals surface area contributed by atoms with E-state index in [1.165, 1.54) is 11.8 Å². The minimum atomic E-state index is -4.46. The first-order chi connectivity index (χ1) is 6.45. The van der Waals surface area contributed by atoms with E-state index in [-0.39, 0.29) is 5.03 Å². The van der Waals surface area contributed by atoms with Crippen LogP contribution in [0.5, 0.6) is 5.75 Å². The first kappa shape index (κ1) is 11.2. The normalized spacial score (nSPS) is 11.7. The Morgan fingerprint density at radius 3 is 2.57 bits per heavy atom. The van der Waals surface area contributed by atoms with Crippen LogP contribution in [0.3, 0.4) is 0 Å². The second kappa shape index (κ2) is 4.08. The van der Waals surface area contributed by atoms with E-state index in [2.05, 4.69) is 4.98 Å². The largest absolute Gasteiger partial charge is 0.505 e. The number of alkyl halides is 3. The van der Waals surface area contributed by atoms with Crippen LogP contribution in [-0.2, 0) is 6.18 Å². The fourth-order valence-electron chi connectivity index (χ4n) is 0.844. The van der Waals surface area contributed by atoms with Gasteiger partial charge in [0, 0.05) is 6.20 Å². The van der Waals surface area contributed by atoms with Gasteiger partial charge >= 0.3 is 6.18 Å². The molecule has 14 heavy (non-hydrogen) atoms. The van der Waals surface area contributed by atoms with Crippen molar-refractivity contribution in [2.45, 2.75) is 18.1 Å². The summed E-state index contributed by atoms with van der Waals surface area (Å²) in [5, 5.41) is 9.43. The molecular weight excluding hydrogens is 215 g/mol. The van der Waals surface area contributed by atoms with Crippen molar-refractivity contribution in [3.8, 4) is 5.75 Å². The van der Waals surface area contributed by atoms with Gasteiger partial charge in [0.15, 0.2) is 0 Å². The SMILES string of the molecule is CCSc1ncc(C(F)(F)F)cc1O. The van der Waals surface area contributed by atoms with Crippen molar-refractivity contribution in [1.29, 1.82) is 0 Å². The second-order valence-electron chi connectivity index (χ2n) is 2.48. The summed E-state index contributed by atoms with van der Waals surface area (Å²) in [6.07, 6.45) is -3.74. The Hall–Kier alpha value is -0.910. The quantitative estimate of drug-likeness (QED) is 0.782. The molecule has 1 aromatic heterocycles. The number of hydrogen-bond donors (Lipinski definition) is 1. The zero-order valence-corrected chi connectivity index (χ0v) is 8.11. The average molecular weight is 223 g/mol. The van der Waals surface area contributed by atoms with Gasteiger partial charge in [0.2, 0.25) is 0 Å². The number of halogens is 3. The van der Waals surface area contributed by atoms with E-state index in [0.29, 0.717) is 11.8 Å². The van der Waals surface area contributed by atoms with Crippen molar-refractivity contribution >= 4 is 11.8 Å².